The van der Waals surface area contributed by atoms with Crippen molar-refractivity contribution in [3.8, 4) is 17.2 Å². The van der Waals surface area contributed by atoms with Crippen molar-refractivity contribution in [2.75, 3.05) is 13.7 Å². The lowest BCUT2D eigenvalue weighted by Crippen LogP contribution is -2.17. The van der Waals surface area contributed by atoms with Crippen LogP contribution in [0.5, 0.6) is 17.2 Å². The van der Waals surface area contributed by atoms with Crippen LogP contribution in [-0.4, -0.2) is 30.9 Å². The summed E-state index contributed by atoms with van der Waals surface area (Å²) in [6.45, 7) is 2.18. The van der Waals surface area contributed by atoms with Crippen LogP contribution in [0.25, 0.3) is 0 Å². The number of amides is 1. The third-order valence-electron chi connectivity index (χ3n) is 3.08. The maximum absolute atomic E-state index is 12.0. The number of methoxy groups -OCH3 is 1. The molecule has 0 saturated heterocycles. The summed E-state index contributed by atoms with van der Waals surface area (Å²) in [6, 6.07) is 9.73. The van der Waals surface area contributed by atoms with Crippen molar-refractivity contribution in [1.29, 1.82) is 0 Å². The summed E-state index contributed by atoms with van der Waals surface area (Å²) in [5.74, 6) is 0.437. The van der Waals surface area contributed by atoms with Crippen LogP contribution in [0.2, 0.25) is 5.02 Å². The summed E-state index contributed by atoms with van der Waals surface area (Å²) >= 11 is 5.93. The number of rotatable bonds is 6. The van der Waals surface area contributed by atoms with E-state index in [4.69, 9.17) is 21.1 Å². The molecule has 7 heteroatoms. The molecule has 0 aliphatic heterocycles. The Morgan fingerprint density at radius 3 is 2.67 bits per heavy atom. The molecule has 0 saturated carbocycles. The van der Waals surface area contributed by atoms with Crippen LogP contribution in [0, 0.1) is 0 Å². The molecule has 6 nitrogen and oxygen atoms in total. The number of carbonyl (C=O) groups is 1. The highest BCUT2D eigenvalue weighted by molar-refractivity contribution is 6.32. The molecule has 0 bridgehead atoms. The van der Waals surface area contributed by atoms with Crippen molar-refractivity contribution in [3.63, 3.8) is 0 Å². The lowest BCUT2D eigenvalue weighted by molar-refractivity contribution is 0.0955. The Bertz CT molecular complexity index is 745. The molecule has 1 amide bonds. The standard InChI is InChI=1S/C17H17ClN2O4/c1-3-24-15-9-11(8-14(18)16(15)21)10-19-20-17(22)12-4-6-13(23-2)7-5-12/h4-10,21H,3H2,1-2H3,(H,20,22)/b19-10+. The van der Waals surface area contributed by atoms with E-state index >= 15 is 0 Å². The smallest absolute Gasteiger partial charge is 0.271 e. The van der Waals surface area contributed by atoms with Crippen molar-refractivity contribution >= 4 is 23.7 Å². The summed E-state index contributed by atoms with van der Waals surface area (Å²) in [6.07, 6.45) is 1.41. The third-order valence-corrected chi connectivity index (χ3v) is 3.37. The maximum Gasteiger partial charge on any atom is 0.271 e. The fourth-order valence-electron chi connectivity index (χ4n) is 1.91. The first kappa shape index (κ1) is 17.6. The zero-order valence-corrected chi connectivity index (χ0v) is 14.0. The van der Waals surface area contributed by atoms with Crippen molar-refractivity contribution in [2.24, 2.45) is 5.10 Å². The number of carbonyl (C=O) groups excluding carboxylic acids is 1. The van der Waals surface area contributed by atoms with Gasteiger partial charge in [-0.1, -0.05) is 11.6 Å². The minimum atomic E-state index is -0.358. The van der Waals surface area contributed by atoms with Crippen LogP contribution in [0.15, 0.2) is 41.5 Å². The van der Waals surface area contributed by atoms with Gasteiger partial charge < -0.3 is 14.6 Å². The molecule has 0 radical (unpaired) electrons. The number of ether oxygens (including phenoxy) is 2. The number of benzene rings is 2. The highest BCUT2D eigenvalue weighted by Gasteiger charge is 2.09. The topological polar surface area (TPSA) is 80.2 Å². The lowest BCUT2D eigenvalue weighted by atomic mass is 10.2. The predicted molar refractivity (Wildman–Crippen MR) is 92.3 cm³/mol. The third kappa shape index (κ3) is 4.39. The molecule has 0 unspecified atom stereocenters. The zero-order chi connectivity index (χ0) is 17.5. The Morgan fingerprint density at radius 1 is 1.33 bits per heavy atom. The SMILES string of the molecule is CCOc1cc(/C=N/NC(=O)c2ccc(OC)cc2)cc(Cl)c1O. The van der Waals surface area contributed by atoms with Gasteiger partial charge in [0, 0.05) is 5.56 Å². The van der Waals surface area contributed by atoms with Gasteiger partial charge >= 0.3 is 0 Å². The molecule has 126 valence electrons. The van der Waals surface area contributed by atoms with Gasteiger partial charge in [-0.25, -0.2) is 5.43 Å². The Labute approximate surface area is 144 Å². The first-order valence-electron chi connectivity index (χ1n) is 7.18. The average Bonchev–Trinajstić information content (AvgIpc) is 2.59. The van der Waals surface area contributed by atoms with E-state index in [1.54, 1.807) is 44.4 Å². The zero-order valence-electron chi connectivity index (χ0n) is 13.2. The largest absolute Gasteiger partial charge is 0.503 e. The van der Waals surface area contributed by atoms with Crippen LogP contribution in [0.1, 0.15) is 22.8 Å². The summed E-state index contributed by atoms with van der Waals surface area (Å²) in [4.78, 5) is 12.0. The molecule has 2 aromatic rings. The van der Waals surface area contributed by atoms with E-state index in [0.29, 0.717) is 23.5 Å². The van der Waals surface area contributed by atoms with Crippen molar-refractivity contribution in [1.82, 2.24) is 5.43 Å². The molecule has 0 heterocycles. The van der Waals surface area contributed by atoms with Gasteiger partial charge in [0.15, 0.2) is 11.5 Å². The minimum absolute atomic E-state index is 0.127. The second-order valence-electron chi connectivity index (χ2n) is 4.71. The highest BCUT2D eigenvalue weighted by atomic mass is 35.5. The van der Waals surface area contributed by atoms with Crippen LogP contribution >= 0.6 is 11.6 Å². The Balaban J connectivity index is 2.06. The molecule has 0 fully saturated rings. The van der Waals surface area contributed by atoms with E-state index in [9.17, 15) is 9.90 Å². The normalized spacial score (nSPS) is 10.6. The van der Waals surface area contributed by atoms with Gasteiger partial charge in [-0.05, 0) is 48.9 Å². The number of hydrogen-bond donors (Lipinski definition) is 2. The number of nitrogens with zero attached hydrogens (tertiary/aromatic N) is 1. The number of halogens is 1. The molecule has 2 aromatic carbocycles. The molecule has 0 spiro atoms. The number of nitrogens with one attached hydrogen (secondary N) is 1. The molecule has 2 rings (SSSR count). The fourth-order valence-corrected chi connectivity index (χ4v) is 2.13. The summed E-state index contributed by atoms with van der Waals surface area (Å²) in [7, 11) is 1.55. The maximum atomic E-state index is 12.0. The average molecular weight is 349 g/mol. The number of phenols is 1. The van der Waals surface area contributed by atoms with Gasteiger partial charge in [0.05, 0.1) is 25.0 Å². The van der Waals surface area contributed by atoms with Gasteiger partial charge in [-0.2, -0.15) is 5.10 Å². The molecule has 0 aliphatic rings. The lowest BCUT2D eigenvalue weighted by Gasteiger charge is -2.08. The quantitative estimate of drug-likeness (QED) is 0.620. The van der Waals surface area contributed by atoms with Crippen LogP contribution < -0.4 is 14.9 Å². The van der Waals surface area contributed by atoms with Gasteiger partial charge in [-0.3, -0.25) is 4.79 Å². The molecule has 0 aliphatic carbocycles. The van der Waals surface area contributed by atoms with Gasteiger partial charge in [0.1, 0.15) is 5.75 Å². The Hall–Kier alpha value is -2.73. The van der Waals surface area contributed by atoms with Gasteiger partial charge in [-0.15, -0.1) is 0 Å². The number of hydrazone groups is 1. The van der Waals surface area contributed by atoms with E-state index in [2.05, 4.69) is 10.5 Å². The van der Waals surface area contributed by atoms with E-state index in [1.807, 2.05) is 0 Å². The first-order chi connectivity index (χ1) is 11.5. The summed E-state index contributed by atoms with van der Waals surface area (Å²) in [5, 5.41) is 13.8. The van der Waals surface area contributed by atoms with Crippen molar-refractivity contribution in [3.05, 3.63) is 52.5 Å². The Morgan fingerprint density at radius 2 is 2.04 bits per heavy atom. The number of aromatic hydroxyl groups is 1. The van der Waals surface area contributed by atoms with Gasteiger partial charge in [0.2, 0.25) is 0 Å². The molecular formula is C17H17ClN2O4. The highest BCUT2D eigenvalue weighted by Crippen LogP contribution is 2.34. The monoisotopic (exact) mass is 348 g/mol. The van der Waals surface area contributed by atoms with Crippen LogP contribution in [0.4, 0.5) is 0 Å². The van der Waals surface area contributed by atoms with E-state index in [0.717, 1.165) is 0 Å². The second-order valence-corrected chi connectivity index (χ2v) is 5.12. The molecular weight excluding hydrogens is 332 g/mol. The van der Waals surface area contributed by atoms with E-state index in [1.165, 1.54) is 12.3 Å². The number of phenolic OH excluding ortho intramolecular Hbond substituents is 1. The molecule has 0 aromatic heterocycles. The predicted octanol–water partition coefficient (Wildman–Crippen LogP) is 3.22. The first-order valence-corrected chi connectivity index (χ1v) is 7.55. The molecule has 2 N–H and O–H groups in total. The van der Waals surface area contributed by atoms with Crippen LogP contribution in [0.3, 0.4) is 0 Å². The minimum Gasteiger partial charge on any atom is -0.503 e. The van der Waals surface area contributed by atoms with E-state index < -0.39 is 0 Å². The Kier molecular flexibility index (Phi) is 6.03. The van der Waals surface area contributed by atoms with E-state index in [-0.39, 0.29) is 22.4 Å². The molecule has 0 atom stereocenters. The second kappa shape index (κ2) is 8.21. The van der Waals surface area contributed by atoms with Crippen molar-refractivity contribution in [2.45, 2.75) is 6.92 Å². The fraction of sp³-hybridized carbons (Fsp3) is 0.176. The number of hydrogen-bond acceptors (Lipinski definition) is 5. The summed E-state index contributed by atoms with van der Waals surface area (Å²) < 4.78 is 10.3. The van der Waals surface area contributed by atoms with Crippen LogP contribution in [-0.2, 0) is 0 Å². The molecule has 24 heavy (non-hydrogen) atoms. The van der Waals surface area contributed by atoms with Crippen molar-refractivity contribution < 1.29 is 19.4 Å². The van der Waals surface area contributed by atoms with Gasteiger partial charge in [0.25, 0.3) is 5.91 Å². The summed E-state index contributed by atoms with van der Waals surface area (Å²) in [5.41, 5.74) is 3.44.